The number of carbonyl (C=O) groups excluding carboxylic acids is 1. The minimum absolute atomic E-state index is 0.151. The molecule has 1 N–H and O–H groups in total. The van der Waals surface area contributed by atoms with Crippen LogP contribution in [-0.4, -0.2) is 11.1 Å². The van der Waals surface area contributed by atoms with Crippen molar-refractivity contribution in [1.29, 1.82) is 0 Å². The first-order valence-electron chi connectivity index (χ1n) is 5.56. The van der Waals surface area contributed by atoms with Crippen molar-refractivity contribution in [1.82, 2.24) is 10.5 Å². The molecule has 1 aromatic carbocycles. The molecule has 1 amide bonds. The number of rotatable bonds is 3. The van der Waals surface area contributed by atoms with Gasteiger partial charge in [-0.15, -0.1) is 0 Å². The van der Waals surface area contributed by atoms with Gasteiger partial charge in [0.25, 0.3) is 5.91 Å². The zero-order chi connectivity index (χ0) is 13.1. The Morgan fingerprint density at radius 1 is 1.44 bits per heavy atom. The fourth-order valence-corrected chi connectivity index (χ4v) is 1.80. The maximum Gasteiger partial charge on any atom is 0.290 e. The molecule has 0 spiro atoms. The van der Waals surface area contributed by atoms with E-state index < -0.39 is 0 Å². The molecule has 0 radical (unpaired) electrons. The number of aryl methyl sites for hydroxylation is 1. The lowest BCUT2D eigenvalue weighted by molar-refractivity contribution is 0.0902. The van der Waals surface area contributed by atoms with Crippen molar-refractivity contribution in [2.75, 3.05) is 0 Å². The molecular formula is C13H13ClN2O2. The molecule has 94 valence electrons. The Balaban J connectivity index is 2.07. The van der Waals surface area contributed by atoms with E-state index >= 15 is 0 Å². The Bertz CT molecular complexity index is 566. The molecule has 18 heavy (non-hydrogen) atoms. The number of halogens is 1. The van der Waals surface area contributed by atoms with Gasteiger partial charge in [0, 0.05) is 11.1 Å². The van der Waals surface area contributed by atoms with Crippen molar-refractivity contribution in [3.8, 4) is 0 Å². The number of carbonyl (C=O) groups is 1. The summed E-state index contributed by atoms with van der Waals surface area (Å²) in [4.78, 5) is 11.8. The molecule has 0 unspecified atom stereocenters. The van der Waals surface area contributed by atoms with E-state index in [1.807, 2.05) is 25.1 Å². The number of nitrogens with one attached hydrogen (secondary N) is 1. The Morgan fingerprint density at radius 3 is 2.83 bits per heavy atom. The second kappa shape index (κ2) is 5.23. The van der Waals surface area contributed by atoms with Gasteiger partial charge >= 0.3 is 0 Å². The summed E-state index contributed by atoms with van der Waals surface area (Å²) in [6, 6.07) is 8.81. The zero-order valence-corrected chi connectivity index (χ0v) is 10.9. The lowest BCUT2D eigenvalue weighted by Gasteiger charge is -2.13. The number of amides is 1. The van der Waals surface area contributed by atoms with E-state index in [2.05, 4.69) is 10.5 Å². The summed E-state index contributed by atoms with van der Waals surface area (Å²) in [5, 5.41) is 7.14. The third kappa shape index (κ3) is 2.90. The van der Waals surface area contributed by atoms with Gasteiger partial charge in [-0.1, -0.05) is 28.9 Å². The van der Waals surface area contributed by atoms with E-state index in [-0.39, 0.29) is 17.7 Å². The van der Waals surface area contributed by atoms with Gasteiger partial charge in [0.05, 0.1) is 11.7 Å². The second-order valence-electron chi connectivity index (χ2n) is 4.08. The molecule has 0 fully saturated rings. The normalized spacial score (nSPS) is 12.2. The van der Waals surface area contributed by atoms with Gasteiger partial charge < -0.3 is 9.84 Å². The third-order valence-electron chi connectivity index (χ3n) is 2.55. The predicted molar refractivity (Wildman–Crippen MR) is 68.6 cm³/mol. The van der Waals surface area contributed by atoms with Gasteiger partial charge in [-0.3, -0.25) is 4.79 Å². The van der Waals surface area contributed by atoms with Crippen LogP contribution >= 0.6 is 11.6 Å². The summed E-state index contributed by atoms with van der Waals surface area (Å²) in [6.45, 7) is 3.65. The van der Waals surface area contributed by atoms with Crippen LogP contribution in [0.3, 0.4) is 0 Å². The Hall–Kier alpha value is -1.81. The van der Waals surface area contributed by atoms with Crippen molar-refractivity contribution in [3.63, 3.8) is 0 Å². The lowest BCUT2D eigenvalue weighted by atomic mass is 10.1. The molecule has 1 aromatic heterocycles. The summed E-state index contributed by atoms with van der Waals surface area (Å²) in [6.07, 6.45) is 0. The van der Waals surface area contributed by atoms with E-state index in [0.29, 0.717) is 10.7 Å². The lowest BCUT2D eigenvalue weighted by Crippen LogP contribution is -2.26. The van der Waals surface area contributed by atoms with Crippen LogP contribution in [-0.2, 0) is 0 Å². The van der Waals surface area contributed by atoms with Gasteiger partial charge in [-0.25, -0.2) is 0 Å². The Labute approximate surface area is 110 Å². The van der Waals surface area contributed by atoms with Crippen molar-refractivity contribution in [2.45, 2.75) is 19.9 Å². The monoisotopic (exact) mass is 264 g/mol. The topological polar surface area (TPSA) is 55.1 Å². The standard InChI is InChI=1S/C13H13ClN2O2/c1-8-6-12(18-16-8)13(17)15-9(2)10-4-3-5-11(14)7-10/h3-7,9H,1-2H3,(H,15,17)/t9-/m0/s1. The first kappa shape index (κ1) is 12.6. The van der Waals surface area contributed by atoms with Crippen molar-refractivity contribution in [2.24, 2.45) is 0 Å². The van der Waals surface area contributed by atoms with Crippen LogP contribution < -0.4 is 5.32 Å². The summed E-state index contributed by atoms with van der Waals surface area (Å²) in [5.41, 5.74) is 1.61. The first-order valence-corrected chi connectivity index (χ1v) is 5.93. The highest BCUT2D eigenvalue weighted by Gasteiger charge is 2.15. The fourth-order valence-electron chi connectivity index (χ4n) is 1.60. The average molecular weight is 265 g/mol. The minimum atomic E-state index is -0.289. The fraction of sp³-hybridized carbons (Fsp3) is 0.231. The van der Waals surface area contributed by atoms with Crippen LogP contribution in [0.15, 0.2) is 34.9 Å². The van der Waals surface area contributed by atoms with Crippen LogP contribution in [0.1, 0.15) is 34.8 Å². The number of hydrogen-bond donors (Lipinski definition) is 1. The molecule has 1 heterocycles. The Morgan fingerprint density at radius 2 is 2.22 bits per heavy atom. The molecule has 0 bridgehead atoms. The highest BCUT2D eigenvalue weighted by atomic mass is 35.5. The molecular weight excluding hydrogens is 252 g/mol. The average Bonchev–Trinajstić information content (AvgIpc) is 2.76. The molecule has 0 aliphatic rings. The summed E-state index contributed by atoms with van der Waals surface area (Å²) < 4.78 is 4.90. The van der Waals surface area contributed by atoms with Crippen LogP contribution in [0.2, 0.25) is 5.02 Å². The highest BCUT2D eigenvalue weighted by molar-refractivity contribution is 6.30. The smallest absolute Gasteiger partial charge is 0.290 e. The summed E-state index contributed by atoms with van der Waals surface area (Å²) in [7, 11) is 0. The number of aromatic nitrogens is 1. The molecule has 0 saturated heterocycles. The van der Waals surface area contributed by atoms with Crippen molar-refractivity contribution in [3.05, 3.63) is 52.4 Å². The van der Waals surface area contributed by atoms with Gasteiger partial charge in [-0.05, 0) is 31.5 Å². The summed E-state index contributed by atoms with van der Waals surface area (Å²) >= 11 is 5.90. The van der Waals surface area contributed by atoms with Crippen molar-refractivity contribution < 1.29 is 9.32 Å². The zero-order valence-electron chi connectivity index (χ0n) is 10.1. The molecule has 2 aromatic rings. The number of benzene rings is 1. The molecule has 0 saturated carbocycles. The third-order valence-corrected chi connectivity index (χ3v) is 2.78. The maximum absolute atomic E-state index is 11.8. The molecule has 4 nitrogen and oxygen atoms in total. The van der Waals surface area contributed by atoms with E-state index in [4.69, 9.17) is 16.1 Å². The minimum Gasteiger partial charge on any atom is -0.351 e. The quantitative estimate of drug-likeness (QED) is 0.927. The molecule has 5 heteroatoms. The van der Waals surface area contributed by atoms with Crippen LogP contribution in [0.4, 0.5) is 0 Å². The van der Waals surface area contributed by atoms with E-state index in [9.17, 15) is 4.79 Å². The van der Waals surface area contributed by atoms with E-state index in [0.717, 1.165) is 5.56 Å². The van der Waals surface area contributed by atoms with Crippen molar-refractivity contribution >= 4 is 17.5 Å². The molecule has 2 rings (SSSR count). The number of nitrogens with zero attached hydrogens (tertiary/aromatic N) is 1. The molecule has 0 aliphatic carbocycles. The van der Waals surface area contributed by atoms with Crippen LogP contribution in [0, 0.1) is 6.92 Å². The van der Waals surface area contributed by atoms with Gasteiger partial charge in [0.2, 0.25) is 5.76 Å². The Kier molecular flexibility index (Phi) is 3.67. The van der Waals surface area contributed by atoms with Gasteiger partial charge in [-0.2, -0.15) is 0 Å². The molecule has 0 aliphatic heterocycles. The number of hydrogen-bond acceptors (Lipinski definition) is 3. The van der Waals surface area contributed by atoms with Gasteiger partial charge in [0.1, 0.15) is 0 Å². The second-order valence-corrected chi connectivity index (χ2v) is 4.52. The summed E-state index contributed by atoms with van der Waals surface area (Å²) in [5.74, 6) is -0.0792. The highest BCUT2D eigenvalue weighted by Crippen LogP contribution is 2.17. The van der Waals surface area contributed by atoms with Crippen LogP contribution in [0.25, 0.3) is 0 Å². The SMILES string of the molecule is Cc1cc(C(=O)N[C@@H](C)c2cccc(Cl)c2)on1. The maximum atomic E-state index is 11.8. The molecule has 1 atom stereocenters. The van der Waals surface area contributed by atoms with Crippen LogP contribution in [0.5, 0.6) is 0 Å². The first-order chi connectivity index (χ1) is 8.56. The largest absolute Gasteiger partial charge is 0.351 e. The predicted octanol–water partition coefficient (Wildman–Crippen LogP) is 3.13. The van der Waals surface area contributed by atoms with E-state index in [1.165, 1.54) is 0 Å². The van der Waals surface area contributed by atoms with E-state index in [1.54, 1.807) is 19.1 Å². The van der Waals surface area contributed by atoms with Gasteiger partial charge in [0.15, 0.2) is 0 Å².